The van der Waals surface area contributed by atoms with E-state index in [-0.39, 0.29) is 11.7 Å². The fraction of sp³-hybridized carbons (Fsp3) is 0.435. The highest BCUT2D eigenvalue weighted by molar-refractivity contribution is 5.90. The number of benzene rings is 2. The average molecular weight is 369 g/mol. The first kappa shape index (κ1) is 20.8. The first-order valence-corrected chi connectivity index (χ1v) is 10.1. The molecule has 2 aromatic rings. The molecular weight excluding hydrogens is 336 g/mol. The Balaban J connectivity index is 1.64. The second-order valence-electron chi connectivity index (χ2n) is 7.02. The van der Waals surface area contributed by atoms with Crippen molar-refractivity contribution in [3.05, 3.63) is 54.1 Å². The fourth-order valence-electron chi connectivity index (χ4n) is 2.96. The molecule has 1 amide bonds. The zero-order valence-electron chi connectivity index (χ0n) is 16.3. The zero-order valence-corrected chi connectivity index (χ0v) is 16.3. The van der Waals surface area contributed by atoms with Gasteiger partial charge in [-0.05, 0) is 48.4 Å². The Bertz CT molecular complexity index is 666. The van der Waals surface area contributed by atoms with Crippen molar-refractivity contribution in [3.63, 3.8) is 0 Å². The highest BCUT2D eigenvalue weighted by atomic mass is 16.3. The number of phenolic OH excluding ortho intramolecular Hbond substituents is 1. The highest BCUT2D eigenvalue weighted by Gasteiger charge is 2.03. The molecule has 0 spiro atoms. The molecule has 0 unspecified atom stereocenters. The Morgan fingerprint density at radius 2 is 1.41 bits per heavy atom. The van der Waals surface area contributed by atoms with Crippen LogP contribution in [0, 0.1) is 0 Å². The molecule has 0 aliphatic heterocycles. The molecule has 2 aromatic carbocycles. The zero-order chi connectivity index (χ0) is 19.3. The topological polar surface area (TPSA) is 61.4 Å². The molecule has 0 aliphatic carbocycles. The molecule has 0 aromatic heterocycles. The summed E-state index contributed by atoms with van der Waals surface area (Å²) >= 11 is 0. The van der Waals surface area contributed by atoms with Crippen LogP contribution in [0.5, 0.6) is 5.75 Å². The minimum Gasteiger partial charge on any atom is -0.508 e. The van der Waals surface area contributed by atoms with Gasteiger partial charge in [0.2, 0.25) is 5.91 Å². The summed E-state index contributed by atoms with van der Waals surface area (Å²) < 4.78 is 0. The normalized spacial score (nSPS) is 10.6. The average Bonchev–Trinajstić information content (AvgIpc) is 2.68. The lowest BCUT2D eigenvalue weighted by molar-refractivity contribution is -0.116. The van der Waals surface area contributed by atoms with Gasteiger partial charge in [0.15, 0.2) is 0 Å². The molecule has 2 rings (SSSR count). The largest absolute Gasteiger partial charge is 0.508 e. The van der Waals surface area contributed by atoms with Crippen LogP contribution in [0.1, 0.15) is 63.9 Å². The molecular formula is C23H32N2O2. The molecule has 0 fully saturated rings. The minimum atomic E-state index is 0.0911. The molecule has 0 radical (unpaired) electrons. The van der Waals surface area contributed by atoms with Crippen molar-refractivity contribution < 1.29 is 9.90 Å². The molecule has 4 nitrogen and oxygen atoms in total. The monoisotopic (exact) mass is 368 g/mol. The highest BCUT2D eigenvalue weighted by Crippen LogP contribution is 2.16. The second-order valence-corrected chi connectivity index (χ2v) is 7.02. The molecule has 0 saturated heterocycles. The van der Waals surface area contributed by atoms with Crippen LogP contribution in [0.2, 0.25) is 0 Å². The summed E-state index contributed by atoms with van der Waals surface area (Å²) in [5.41, 5.74) is 2.92. The molecule has 0 aliphatic rings. The third-order valence-corrected chi connectivity index (χ3v) is 4.61. The number of anilines is 2. The molecule has 0 saturated carbocycles. The number of aromatic hydroxyl groups is 1. The van der Waals surface area contributed by atoms with Crippen LogP contribution >= 0.6 is 0 Å². The van der Waals surface area contributed by atoms with E-state index in [1.54, 1.807) is 12.1 Å². The fourth-order valence-corrected chi connectivity index (χ4v) is 2.96. The lowest BCUT2D eigenvalue weighted by Gasteiger charge is -2.09. The standard InChI is InChI=1S/C23H32N2O2/c1-2-3-4-5-6-7-8-9-23(27)25-21-14-12-20(13-15-21)24-18-19-10-16-22(26)17-11-19/h10-17,24,26H,2-9,18H2,1H3,(H,25,27). The molecule has 3 N–H and O–H groups in total. The molecule has 4 heteroatoms. The first-order valence-electron chi connectivity index (χ1n) is 10.1. The molecule has 0 bridgehead atoms. The van der Waals surface area contributed by atoms with Crippen LogP contribution in [0.15, 0.2) is 48.5 Å². The van der Waals surface area contributed by atoms with E-state index in [2.05, 4.69) is 17.6 Å². The van der Waals surface area contributed by atoms with Gasteiger partial charge in [-0.25, -0.2) is 0 Å². The van der Waals surface area contributed by atoms with E-state index >= 15 is 0 Å². The number of phenols is 1. The van der Waals surface area contributed by atoms with Crippen LogP contribution in [0.4, 0.5) is 11.4 Å². The number of nitrogens with one attached hydrogen (secondary N) is 2. The van der Waals surface area contributed by atoms with E-state index in [9.17, 15) is 9.90 Å². The van der Waals surface area contributed by atoms with Crippen molar-refractivity contribution >= 4 is 17.3 Å². The van der Waals surface area contributed by atoms with Gasteiger partial charge in [0, 0.05) is 24.3 Å². The van der Waals surface area contributed by atoms with E-state index in [4.69, 9.17) is 0 Å². The van der Waals surface area contributed by atoms with Gasteiger partial charge in [-0.3, -0.25) is 4.79 Å². The van der Waals surface area contributed by atoms with E-state index in [0.717, 1.165) is 29.8 Å². The maximum Gasteiger partial charge on any atom is 0.224 e. The van der Waals surface area contributed by atoms with Crippen molar-refractivity contribution in [1.82, 2.24) is 0 Å². The van der Waals surface area contributed by atoms with E-state index in [1.165, 1.54) is 32.1 Å². The predicted octanol–water partition coefficient (Wildman–Crippen LogP) is 6.08. The van der Waals surface area contributed by atoms with Crippen molar-refractivity contribution in [1.29, 1.82) is 0 Å². The lowest BCUT2D eigenvalue weighted by Crippen LogP contribution is -2.11. The molecule has 146 valence electrons. The summed E-state index contributed by atoms with van der Waals surface area (Å²) in [6.07, 6.45) is 9.11. The number of hydrogen-bond acceptors (Lipinski definition) is 3. The van der Waals surface area contributed by atoms with Gasteiger partial charge < -0.3 is 15.7 Å². The Morgan fingerprint density at radius 3 is 2.07 bits per heavy atom. The van der Waals surface area contributed by atoms with Crippen molar-refractivity contribution in [2.24, 2.45) is 0 Å². The molecule has 0 heterocycles. The number of hydrogen-bond donors (Lipinski definition) is 3. The Kier molecular flexibility index (Phi) is 9.25. The number of amides is 1. The Morgan fingerprint density at radius 1 is 0.815 bits per heavy atom. The van der Waals surface area contributed by atoms with E-state index in [1.807, 2.05) is 36.4 Å². The number of rotatable bonds is 12. The van der Waals surface area contributed by atoms with Gasteiger partial charge in [-0.15, -0.1) is 0 Å². The summed E-state index contributed by atoms with van der Waals surface area (Å²) in [6, 6.07) is 14.9. The number of carbonyl (C=O) groups is 1. The van der Waals surface area contributed by atoms with Gasteiger partial charge in [0.25, 0.3) is 0 Å². The Labute approximate surface area is 163 Å². The van der Waals surface area contributed by atoms with Crippen molar-refractivity contribution in [2.45, 2.75) is 64.8 Å². The quantitative estimate of drug-likeness (QED) is 0.398. The van der Waals surface area contributed by atoms with Gasteiger partial charge in [0.1, 0.15) is 5.75 Å². The van der Waals surface area contributed by atoms with Crippen molar-refractivity contribution in [3.8, 4) is 5.75 Å². The maximum absolute atomic E-state index is 12.0. The maximum atomic E-state index is 12.0. The van der Waals surface area contributed by atoms with Crippen LogP contribution in [0.25, 0.3) is 0 Å². The SMILES string of the molecule is CCCCCCCCCC(=O)Nc1ccc(NCc2ccc(O)cc2)cc1. The van der Waals surface area contributed by atoms with Gasteiger partial charge in [-0.1, -0.05) is 57.6 Å². The van der Waals surface area contributed by atoms with Crippen molar-refractivity contribution in [2.75, 3.05) is 10.6 Å². The summed E-state index contributed by atoms with van der Waals surface area (Å²) in [5.74, 6) is 0.365. The first-order chi connectivity index (χ1) is 13.2. The van der Waals surface area contributed by atoms with Gasteiger partial charge in [0.05, 0.1) is 0 Å². The van der Waals surface area contributed by atoms with Crippen LogP contribution < -0.4 is 10.6 Å². The third kappa shape index (κ3) is 8.63. The van der Waals surface area contributed by atoms with E-state index in [0.29, 0.717) is 13.0 Å². The second kappa shape index (κ2) is 12.0. The summed E-state index contributed by atoms with van der Waals surface area (Å²) in [6.45, 7) is 2.91. The van der Waals surface area contributed by atoms with Crippen LogP contribution in [0.3, 0.4) is 0 Å². The smallest absolute Gasteiger partial charge is 0.224 e. The minimum absolute atomic E-state index is 0.0911. The van der Waals surface area contributed by atoms with Crippen LogP contribution in [-0.2, 0) is 11.3 Å². The third-order valence-electron chi connectivity index (χ3n) is 4.61. The lowest BCUT2D eigenvalue weighted by atomic mass is 10.1. The summed E-state index contributed by atoms with van der Waals surface area (Å²) in [7, 11) is 0. The Hall–Kier alpha value is -2.49. The number of carbonyl (C=O) groups excluding carboxylic acids is 1. The van der Waals surface area contributed by atoms with E-state index < -0.39 is 0 Å². The predicted molar refractivity (Wildman–Crippen MR) is 113 cm³/mol. The van der Waals surface area contributed by atoms with Gasteiger partial charge in [-0.2, -0.15) is 0 Å². The van der Waals surface area contributed by atoms with Gasteiger partial charge >= 0.3 is 0 Å². The molecule has 27 heavy (non-hydrogen) atoms. The summed E-state index contributed by atoms with van der Waals surface area (Å²) in [5, 5.41) is 15.6. The molecule has 0 atom stereocenters. The number of unbranched alkanes of at least 4 members (excludes halogenated alkanes) is 6. The van der Waals surface area contributed by atoms with Crippen LogP contribution in [-0.4, -0.2) is 11.0 Å². The summed E-state index contributed by atoms with van der Waals surface area (Å²) in [4.78, 5) is 12.0.